The SMILES string of the molecule is CCCCOc1ccc(/C=N/NC(=O)CNc2ccc(OC)cc2)cc1. The topological polar surface area (TPSA) is 72.0 Å². The molecule has 0 aliphatic heterocycles. The van der Waals surface area contributed by atoms with Gasteiger partial charge in [-0.2, -0.15) is 5.10 Å². The van der Waals surface area contributed by atoms with Crippen LogP contribution < -0.4 is 20.2 Å². The van der Waals surface area contributed by atoms with Gasteiger partial charge in [-0.25, -0.2) is 5.43 Å². The number of carbonyl (C=O) groups is 1. The van der Waals surface area contributed by atoms with Gasteiger partial charge in [-0.15, -0.1) is 0 Å². The maximum absolute atomic E-state index is 11.8. The van der Waals surface area contributed by atoms with Crippen LogP contribution in [0.1, 0.15) is 25.3 Å². The standard InChI is InChI=1S/C20H25N3O3/c1-3-4-13-26-19-9-5-16(6-10-19)14-22-23-20(24)15-21-17-7-11-18(25-2)12-8-17/h5-12,14,21H,3-4,13,15H2,1-2H3,(H,23,24)/b22-14+. The first kappa shape index (κ1) is 19.3. The molecule has 26 heavy (non-hydrogen) atoms. The van der Waals surface area contributed by atoms with E-state index in [-0.39, 0.29) is 12.5 Å². The second-order valence-corrected chi connectivity index (χ2v) is 5.65. The number of anilines is 1. The van der Waals surface area contributed by atoms with E-state index >= 15 is 0 Å². The molecule has 0 atom stereocenters. The van der Waals surface area contributed by atoms with Gasteiger partial charge < -0.3 is 14.8 Å². The largest absolute Gasteiger partial charge is 0.497 e. The van der Waals surface area contributed by atoms with E-state index in [2.05, 4.69) is 22.8 Å². The molecule has 0 unspecified atom stereocenters. The van der Waals surface area contributed by atoms with Crippen LogP contribution in [0.5, 0.6) is 11.5 Å². The zero-order chi connectivity index (χ0) is 18.6. The Morgan fingerprint density at radius 2 is 1.77 bits per heavy atom. The van der Waals surface area contributed by atoms with Crippen LogP contribution in [0, 0.1) is 0 Å². The molecule has 0 aliphatic rings. The molecular weight excluding hydrogens is 330 g/mol. The smallest absolute Gasteiger partial charge is 0.259 e. The molecule has 1 amide bonds. The molecule has 6 heteroatoms. The molecule has 2 aromatic carbocycles. The first-order valence-electron chi connectivity index (χ1n) is 8.64. The van der Waals surface area contributed by atoms with E-state index in [0.29, 0.717) is 0 Å². The first-order valence-corrected chi connectivity index (χ1v) is 8.64. The molecule has 0 saturated heterocycles. The number of hydrogen-bond donors (Lipinski definition) is 2. The number of hydrazone groups is 1. The summed E-state index contributed by atoms with van der Waals surface area (Å²) < 4.78 is 10.7. The highest BCUT2D eigenvalue weighted by Gasteiger charge is 2.00. The molecule has 0 aromatic heterocycles. The maximum atomic E-state index is 11.8. The van der Waals surface area contributed by atoms with Gasteiger partial charge in [0.25, 0.3) is 5.91 Å². The van der Waals surface area contributed by atoms with E-state index in [9.17, 15) is 4.79 Å². The average Bonchev–Trinajstić information content (AvgIpc) is 2.68. The predicted molar refractivity (Wildman–Crippen MR) is 104 cm³/mol. The minimum atomic E-state index is -0.225. The van der Waals surface area contributed by atoms with Crippen LogP contribution in [0.15, 0.2) is 53.6 Å². The normalized spacial score (nSPS) is 10.5. The Hall–Kier alpha value is -3.02. The van der Waals surface area contributed by atoms with Gasteiger partial charge in [0.05, 0.1) is 26.5 Å². The number of methoxy groups -OCH3 is 1. The van der Waals surface area contributed by atoms with Gasteiger partial charge in [0, 0.05) is 5.69 Å². The monoisotopic (exact) mass is 355 g/mol. The third-order valence-corrected chi connectivity index (χ3v) is 3.59. The van der Waals surface area contributed by atoms with Crippen LogP contribution in [-0.4, -0.2) is 32.4 Å². The molecule has 138 valence electrons. The first-order chi connectivity index (χ1) is 12.7. The Bertz CT molecular complexity index is 697. The van der Waals surface area contributed by atoms with Gasteiger partial charge in [-0.3, -0.25) is 4.79 Å². The van der Waals surface area contributed by atoms with Crippen molar-refractivity contribution in [3.05, 3.63) is 54.1 Å². The third-order valence-electron chi connectivity index (χ3n) is 3.59. The predicted octanol–water partition coefficient (Wildman–Crippen LogP) is 3.44. The summed E-state index contributed by atoms with van der Waals surface area (Å²) in [6.07, 6.45) is 3.75. The molecule has 0 radical (unpaired) electrons. The fourth-order valence-corrected chi connectivity index (χ4v) is 2.09. The molecule has 0 saturated carbocycles. The Balaban J connectivity index is 1.72. The lowest BCUT2D eigenvalue weighted by Crippen LogP contribution is -2.25. The molecule has 0 heterocycles. The summed E-state index contributed by atoms with van der Waals surface area (Å²) >= 11 is 0. The Morgan fingerprint density at radius 3 is 2.42 bits per heavy atom. The second-order valence-electron chi connectivity index (χ2n) is 5.65. The number of hydrogen-bond acceptors (Lipinski definition) is 5. The molecule has 0 spiro atoms. The number of carbonyl (C=O) groups excluding carboxylic acids is 1. The zero-order valence-corrected chi connectivity index (χ0v) is 15.2. The lowest BCUT2D eigenvalue weighted by Gasteiger charge is -2.06. The van der Waals surface area contributed by atoms with Crippen LogP contribution >= 0.6 is 0 Å². The van der Waals surface area contributed by atoms with Crippen LogP contribution in [0.3, 0.4) is 0 Å². The zero-order valence-electron chi connectivity index (χ0n) is 15.2. The van der Waals surface area contributed by atoms with Crippen molar-refractivity contribution >= 4 is 17.8 Å². The van der Waals surface area contributed by atoms with Crippen molar-refractivity contribution in [1.82, 2.24) is 5.43 Å². The molecule has 0 fully saturated rings. The number of amides is 1. The van der Waals surface area contributed by atoms with Crippen molar-refractivity contribution in [3.8, 4) is 11.5 Å². The molecule has 2 rings (SSSR count). The minimum Gasteiger partial charge on any atom is -0.497 e. The molecule has 2 aromatic rings. The van der Waals surface area contributed by atoms with Crippen molar-refractivity contribution in [3.63, 3.8) is 0 Å². The molecule has 2 N–H and O–H groups in total. The second kappa shape index (κ2) is 10.8. The highest BCUT2D eigenvalue weighted by atomic mass is 16.5. The number of unbranched alkanes of at least 4 members (excludes halogenated alkanes) is 1. The fraction of sp³-hybridized carbons (Fsp3) is 0.300. The van der Waals surface area contributed by atoms with E-state index in [1.165, 1.54) is 0 Å². The lowest BCUT2D eigenvalue weighted by molar-refractivity contribution is -0.119. The van der Waals surface area contributed by atoms with Gasteiger partial charge in [0.1, 0.15) is 11.5 Å². The maximum Gasteiger partial charge on any atom is 0.259 e. The summed E-state index contributed by atoms with van der Waals surface area (Å²) in [5, 5.41) is 6.98. The van der Waals surface area contributed by atoms with Crippen molar-refractivity contribution < 1.29 is 14.3 Å². The van der Waals surface area contributed by atoms with Gasteiger partial charge in [-0.05, 0) is 60.5 Å². The van der Waals surface area contributed by atoms with Crippen LogP contribution in [0.2, 0.25) is 0 Å². The summed E-state index contributed by atoms with van der Waals surface area (Å²) in [7, 11) is 1.61. The highest BCUT2D eigenvalue weighted by molar-refractivity contribution is 5.84. The summed E-state index contributed by atoms with van der Waals surface area (Å²) in [4.78, 5) is 11.8. The van der Waals surface area contributed by atoms with Crippen molar-refractivity contribution in [2.75, 3.05) is 25.6 Å². The van der Waals surface area contributed by atoms with E-state index in [4.69, 9.17) is 9.47 Å². The van der Waals surface area contributed by atoms with Gasteiger partial charge in [0.2, 0.25) is 0 Å². The van der Waals surface area contributed by atoms with Gasteiger partial charge in [-0.1, -0.05) is 13.3 Å². The molecular formula is C20H25N3O3. The number of nitrogens with one attached hydrogen (secondary N) is 2. The molecule has 0 bridgehead atoms. The Morgan fingerprint density at radius 1 is 1.08 bits per heavy atom. The highest BCUT2D eigenvalue weighted by Crippen LogP contribution is 2.14. The van der Waals surface area contributed by atoms with Gasteiger partial charge in [0.15, 0.2) is 0 Å². The fourth-order valence-electron chi connectivity index (χ4n) is 2.09. The quantitative estimate of drug-likeness (QED) is 0.389. The van der Waals surface area contributed by atoms with E-state index in [0.717, 1.165) is 42.2 Å². The lowest BCUT2D eigenvalue weighted by atomic mass is 10.2. The summed E-state index contributed by atoms with van der Waals surface area (Å²) in [5.41, 5.74) is 4.21. The van der Waals surface area contributed by atoms with Crippen molar-refractivity contribution in [2.24, 2.45) is 5.10 Å². The van der Waals surface area contributed by atoms with Crippen molar-refractivity contribution in [2.45, 2.75) is 19.8 Å². The number of benzene rings is 2. The summed E-state index contributed by atoms with van der Waals surface area (Å²) in [5.74, 6) is 1.38. The summed E-state index contributed by atoms with van der Waals surface area (Å²) in [6.45, 7) is 2.98. The summed E-state index contributed by atoms with van der Waals surface area (Å²) in [6, 6.07) is 14.9. The third kappa shape index (κ3) is 6.84. The van der Waals surface area contributed by atoms with E-state index in [1.54, 1.807) is 13.3 Å². The Labute approximate surface area is 154 Å². The van der Waals surface area contributed by atoms with Crippen LogP contribution in [-0.2, 0) is 4.79 Å². The average molecular weight is 355 g/mol. The van der Waals surface area contributed by atoms with Gasteiger partial charge >= 0.3 is 0 Å². The van der Waals surface area contributed by atoms with E-state index < -0.39 is 0 Å². The number of ether oxygens (including phenoxy) is 2. The van der Waals surface area contributed by atoms with Crippen LogP contribution in [0.25, 0.3) is 0 Å². The Kier molecular flexibility index (Phi) is 7.99. The van der Waals surface area contributed by atoms with E-state index in [1.807, 2.05) is 48.5 Å². The van der Waals surface area contributed by atoms with Crippen molar-refractivity contribution in [1.29, 1.82) is 0 Å². The minimum absolute atomic E-state index is 0.133. The number of nitrogens with zero attached hydrogens (tertiary/aromatic N) is 1. The molecule has 0 aliphatic carbocycles. The number of rotatable bonds is 10. The molecule has 6 nitrogen and oxygen atoms in total. The van der Waals surface area contributed by atoms with Crippen LogP contribution in [0.4, 0.5) is 5.69 Å².